The number of esters is 1. The zero-order chi connectivity index (χ0) is 21.6. The fourth-order valence-corrected chi connectivity index (χ4v) is 2.86. The number of nitriles is 1. The lowest BCUT2D eigenvalue weighted by Gasteiger charge is -2.17. The van der Waals surface area contributed by atoms with Gasteiger partial charge in [0.2, 0.25) is 11.2 Å². The van der Waals surface area contributed by atoms with E-state index in [1.165, 1.54) is 13.2 Å². The first-order valence-corrected chi connectivity index (χ1v) is 9.03. The second kappa shape index (κ2) is 9.71. The molecule has 8 heteroatoms. The molecule has 7 nitrogen and oxygen atoms in total. The van der Waals surface area contributed by atoms with Crippen molar-refractivity contribution in [1.29, 1.82) is 5.26 Å². The molecule has 29 heavy (non-hydrogen) atoms. The number of aryl methyl sites for hydroxylation is 2. The van der Waals surface area contributed by atoms with Crippen molar-refractivity contribution in [1.82, 2.24) is 9.97 Å². The first kappa shape index (κ1) is 21.9. The van der Waals surface area contributed by atoms with E-state index in [0.717, 1.165) is 16.7 Å². The third-order valence-corrected chi connectivity index (χ3v) is 4.03. The van der Waals surface area contributed by atoms with Gasteiger partial charge in [0.25, 0.3) is 0 Å². The maximum absolute atomic E-state index is 12.2. The van der Waals surface area contributed by atoms with E-state index in [0.29, 0.717) is 12.4 Å². The normalized spacial score (nSPS) is 10.5. The molecule has 0 unspecified atom stereocenters. The summed E-state index contributed by atoms with van der Waals surface area (Å²) in [5.41, 5.74) is 2.50. The van der Waals surface area contributed by atoms with Crippen LogP contribution in [-0.4, -0.2) is 29.7 Å². The summed E-state index contributed by atoms with van der Waals surface area (Å²) < 4.78 is 16.3. The Hall–Kier alpha value is -3.37. The van der Waals surface area contributed by atoms with Crippen LogP contribution in [0.5, 0.6) is 11.6 Å². The highest BCUT2D eigenvalue weighted by molar-refractivity contribution is 6.28. The number of allylic oxidation sites excluding steroid dienone is 1. The Kier molecular flexibility index (Phi) is 7.34. The van der Waals surface area contributed by atoms with Crippen LogP contribution < -0.4 is 4.74 Å². The molecular formula is C21H20ClN3O4. The molecule has 0 bridgehead atoms. The Balaban J connectivity index is 2.62. The molecule has 0 fully saturated rings. The van der Waals surface area contributed by atoms with Crippen molar-refractivity contribution < 1.29 is 19.0 Å². The third-order valence-electron chi connectivity index (χ3n) is 3.86. The van der Waals surface area contributed by atoms with Crippen LogP contribution in [-0.2, 0) is 9.47 Å². The van der Waals surface area contributed by atoms with Gasteiger partial charge in [0.1, 0.15) is 17.1 Å². The second-order valence-corrected chi connectivity index (χ2v) is 6.26. The molecule has 150 valence electrons. The number of hydrogen-bond acceptors (Lipinski definition) is 7. The van der Waals surface area contributed by atoms with Crippen molar-refractivity contribution in [3.63, 3.8) is 0 Å². The first-order chi connectivity index (χ1) is 13.8. The number of nitrogens with zero attached hydrogens (tertiary/aromatic N) is 3. The predicted molar refractivity (Wildman–Crippen MR) is 110 cm³/mol. The summed E-state index contributed by atoms with van der Waals surface area (Å²) in [6.07, 6.45) is 3.09. The van der Waals surface area contributed by atoms with Gasteiger partial charge in [-0.05, 0) is 67.3 Å². The van der Waals surface area contributed by atoms with Crippen LogP contribution in [0.1, 0.15) is 39.7 Å². The number of rotatable bonds is 7. The molecular weight excluding hydrogens is 394 g/mol. The second-order valence-electron chi connectivity index (χ2n) is 5.92. The van der Waals surface area contributed by atoms with E-state index >= 15 is 0 Å². The van der Waals surface area contributed by atoms with E-state index in [9.17, 15) is 4.79 Å². The standard InChI is InChI=1S/C21H20ClN3O4/c1-6-28-14(4)16-17(20(26)27-5)24-21(22)25-19(16)29-18-12(2)10-15(8-7-9-23)11-13(18)3/h7-8,10-11H,4,6H2,1-3,5H3/b8-7+. The van der Waals surface area contributed by atoms with Gasteiger partial charge in [-0.25, -0.2) is 9.78 Å². The van der Waals surface area contributed by atoms with Gasteiger partial charge < -0.3 is 14.2 Å². The fraction of sp³-hybridized carbons (Fsp3) is 0.238. The number of ether oxygens (including phenoxy) is 3. The summed E-state index contributed by atoms with van der Waals surface area (Å²) in [5.74, 6) is -0.0190. The molecule has 1 aromatic carbocycles. The summed E-state index contributed by atoms with van der Waals surface area (Å²) in [7, 11) is 1.23. The summed E-state index contributed by atoms with van der Waals surface area (Å²) >= 11 is 6.01. The molecule has 0 radical (unpaired) electrons. The highest BCUT2D eigenvalue weighted by Crippen LogP contribution is 2.35. The summed E-state index contributed by atoms with van der Waals surface area (Å²) in [5, 5.41) is 8.53. The average molecular weight is 414 g/mol. The molecule has 1 heterocycles. The quantitative estimate of drug-likeness (QED) is 0.276. The molecule has 0 atom stereocenters. The van der Waals surface area contributed by atoms with Crippen molar-refractivity contribution in [2.24, 2.45) is 0 Å². The number of carbonyl (C=O) groups excluding carboxylic acids is 1. The molecule has 0 aliphatic heterocycles. The van der Waals surface area contributed by atoms with Gasteiger partial charge in [-0.2, -0.15) is 10.2 Å². The van der Waals surface area contributed by atoms with E-state index in [-0.39, 0.29) is 28.2 Å². The number of aromatic nitrogens is 2. The van der Waals surface area contributed by atoms with Gasteiger partial charge in [-0.3, -0.25) is 0 Å². The van der Waals surface area contributed by atoms with Crippen LogP contribution in [0.3, 0.4) is 0 Å². The summed E-state index contributed by atoms with van der Waals surface area (Å²) in [6.45, 7) is 9.65. The Morgan fingerprint density at radius 3 is 2.52 bits per heavy atom. The monoisotopic (exact) mass is 413 g/mol. The molecule has 2 aromatic rings. The zero-order valence-electron chi connectivity index (χ0n) is 16.6. The number of benzene rings is 1. The minimum atomic E-state index is -0.722. The van der Waals surface area contributed by atoms with Crippen LogP contribution in [0.15, 0.2) is 24.8 Å². The minimum Gasteiger partial charge on any atom is -0.494 e. The third kappa shape index (κ3) is 5.12. The molecule has 0 spiro atoms. The van der Waals surface area contributed by atoms with Crippen molar-refractivity contribution >= 4 is 29.4 Å². The average Bonchev–Trinajstić information content (AvgIpc) is 2.68. The van der Waals surface area contributed by atoms with Gasteiger partial charge in [0.15, 0.2) is 5.69 Å². The van der Waals surface area contributed by atoms with Crippen LogP contribution in [0, 0.1) is 25.2 Å². The number of methoxy groups -OCH3 is 1. The summed E-state index contributed by atoms with van der Waals surface area (Å²) in [4.78, 5) is 20.3. The lowest BCUT2D eigenvalue weighted by molar-refractivity contribution is 0.0592. The van der Waals surface area contributed by atoms with Crippen LogP contribution in [0.2, 0.25) is 5.28 Å². The Labute approximate surface area is 174 Å². The van der Waals surface area contributed by atoms with Gasteiger partial charge >= 0.3 is 5.97 Å². The summed E-state index contributed by atoms with van der Waals surface area (Å²) in [6, 6.07) is 5.68. The van der Waals surface area contributed by atoms with Gasteiger partial charge in [0.05, 0.1) is 19.8 Å². The van der Waals surface area contributed by atoms with Gasteiger partial charge in [-0.15, -0.1) is 0 Å². The van der Waals surface area contributed by atoms with E-state index in [4.69, 9.17) is 31.1 Å². The highest BCUT2D eigenvalue weighted by Gasteiger charge is 2.25. The van der Waals surface area contributed by atoms with Gasteiger partial charge in [-0.1, -0.05) is 6.58 Å². The van der Waals surface area contributed by atoms with E-state index in [1.54, 1.807) is 13.0 Å². The topological polar surface area (TPSA) is 94.3 Å². The van der Waals surface area contributed by atoms with Crippen molar-refractivity contribution in [3.05, 3.63) is 58.0 Å². The molecule has 0 aliphatic rings. The van der Waals surface area contributed by atoms with E-state index < -0.39 is 5.97 Å². The van der Waals surface area contributed by atoms with Gasteiger partial charge in [0, 0.05) is 6.08 Å². The van der Waals surface area contributed by atoms with Crippen LogP contribution in [0.25, 0.3) is 11.8 Å². The molecule has 0 saturated carbocycles. The lowest BCUT2D eigenvalue weighted by atomic mass is 10.1. The number of halogens is 1. The minimum absolute atomic E-state index is 0.0235. The lowest BCUT2D eigenvalue weighted by Crippen LogP contribution is -2.12. The molecule has 0 amide bonds. The van der Waals surface area contributed by atoms with Crippen molar-refractivity contribution in [3.8, 4) is 17.7 Å². The first-order valence-electron chi connectivity index (χ1n) is 8.65. The maximum atomic E-state index is 12.2. The van der Waals surface area contributed by atoms with E-state index in [1.807, 2.05) is 32.0 Å². The smallest absolute Gasteiger partial charge is 0.357 e. The van der Waals surface area contributed by atoms with Crippen molar-refractivity contribution in [2.75, 3.05) is 13.7 Å². The van der Waals surface area contributed by atoms with Crippen molar-refractivity contribution in [2.45, 2.75) is 20.8 Å². The van der Waals surface area contributed by atoms with Crippen LogP contribution >= 0.6 is 11.6 Å². The molecule has 0 saturated heterocycles. The molecule has 2 rings (SSSR count). The van der Waals surface area contributed by atoms with Crippen LogP contribution in [0.4, 0.5) is 0 Å². The predicted octanol–water partition coefficient (Wildman–Crippen LogP) is 4.87. The largest absolute Gasteiger partial charge is 0.494 e. The maximum Gasteiger partial charge on any atom is 0.357 e. The molecule has 0 aliphatic carbocycles. The Morgan fingerprint density at radius 1 is 1.31 bits per heavy atom. The molecule has 1 aromatic heterocycles. The zero-order valence-corrected chi connectivity index (χ0v) is 17.3. The fourth-order valence-electron chi connectivity index (χ4n) is 2.70. The number of hydrogen-bond donors (Lipinski definition) is 0. The Morgan fingerprint density at radius 2 is 1.97 bits per heavy atom. The SMILES string of the molecule is C=C(OCC)c1c(Oc2c(C)cc(/C=C/C#N)cc2C)nc(Cl)nc1C(=O)OC. The molecule has 0 N–H and O–H groups in total. The number of carbonyl (C=O) groups is 1. The van der Waals surface area contributed by atoms with E-state index in [2.05, 4.69) is 16.5 Å². The highest BCUT2D eigenvalue weighted by atomic mass is 35.5. The Bertz CT molecular complexity index is 1000.